The normalized spacial score (nSPS) is 14.5. The van der Waals surface area contributed by atoms with E-state index in [0.29, 0.717) is 19.3 Å². The van der Waals surface area contributed by atoms with Gasteiger partial charge in [-0.05, 0) is 135 Å². The van der Waals surface area contributed by atoms with E-state index in [1.54, 1.807) is 0 Å². The zero-order valence-corrected chi connectivity index (χ0v) is 70.7. The summed E-state index contributed by atoms with van der Waals surface area (Å²) >= 11 is 0. The van der Waals surface area contributed by atoms with Gasteiger partial charge in [0, 0.05) is 19.3 Å². The molecule has 0 aromatic rings. The Bertz CT molecular complexity index is 2510. The number of hydrogen-bond donors (Lipinski definition) is 4. The van der Waals surface area contributed by atoms with Crippen LogP contribution in [0.1, 0.15) is 367 Å². The highest BCUT2D eigenvalue weighted by Crippen LogP contribution is 2.45. The second-order valence-corrected chi connectivity index (χ2v) is 31.8. The largest absolute Gasteiger partial charge is 0.472 e. The third-order valence-corrected chi connectivity index (χ3v) is 20.2. The maximum absolute atomic E-state index is 13.0. The maximum Gasteiger partial charge on any atom is 0.472 e. The SMILES string of the molecule is CC/C=C\C/C=C\C/C=C\C/C=C\C/C=C\CCCCCCCCCCCCCCCCCC(=O)OCC(O)COP(=O)(O)OCC(O)COP(=O)(O)OCC(COC(=O)CCCCCCCCCCCCC/C=C\C/C=C\C/C=C\C/C=C\C/C=C\CC)OC(=O)CCCCCCC/C=C\CCCCCCCC. The number of hydrogen-bond acceptors (Lipinski definition) is 14. The molecule has 0 amide bonds. The molecule has 0 spiro atoms. The number of aliphatic hydroxyl groups excluding tert-OH is 2. The van der Waals surface area contributed by atoms with Gasteiger partial charge in [-0.2, -0.15) is 0 Å². The topological polar surface area (TPSA) is 231 Å². The number of esters is 3. The lowest BCUT2D eigenvalue weighted by Crippen LogP contribution is -2.30. The first-order valence-corrected chi connectivity index (χ1v) is 46.5. The molecule has 628 valence electrons. The van der Waals surface area contributed by atoms with Crippen molar-refractivity contribution in [1.82, 2.24) is 0 Å². The van der Waals surface area contributed by atoms with Gasteiger partial charge in [0.1, 0.15) is 25.4 Å². The molecule has 5 atom stereocenters. The van der Waals surface area contributed by atoms with E-state index in [4.69, 9.17) is 32.3 Å². The number of carbonyl (C=O) groups excluding carboxylic acids is 3. The van der Waals surface area contributed by atoms with Crippen molar-refractivity contribution in [3.05, 3.63) is 134 Å². The monoisotopic (exact) mass is 1570 g/mol. The van der Waals surface area contributed by atoms with Gasteiger partial charge in [-0.15, -0.1) is 0 Å². The molecule has 0 bridgehead atoms. The lowest BCUT2D eigenvalue weighted by Gasteiger charge is -2.21. The van der Waals surface area contributed by atoms with E-state index in [9.17, 15) is 43.5 Å². The van der Waals surface area contributed by atoms with Gasteiger partial charge in [0.2, 0.25) is 0 Å². The summed E-state index contributed by atoms with van der Waals surface area (Å²) in [6.07, 6.45) is 102. The Morgan fingerprint density at radius 2 is 0.486 bits per heavy atom. The molecule has 18 heteroatoms. The highest BCUT2D eigenvalue weighted by atomic mass is 31.2. The van der Waals surface area contributed by atoms with E-state index >= 15 is 0 Å². The van der Waals surface area contributed by atoms with E-state index in [-0.39, 0.29) is 19.3 Å². The van der Waals surface area contributed by atoms with Crippen LogP contribution in [0.5, 0.6) is 0 Å². The average molecular weight is 1570 g/mol. The second kappa shape index (κ2) is 83.1. The number of aliphatic hydroxyl groups is 2. The molecule has 0 aromatic heterocycles. The molecule has 0 radical (unpaired) electrons. The highest BCUT2D eigenvalue weighted by molar-refractivity contribution is 7.47. The molecular weight excluding hydrogens is 1410 g/mol. The Morgan fingerprint density at radius 1 is 0.266 bits per heavy atom. The zero-order chi connectivity index (χ0) is 79.4. The fourth-order valence-electron chi connectivity index (χ4n) is 11.8. The van der Waals surface area contributed by atoms with Crippen LogP contribution in [0, 0.1) is 0 Å². The highest BCUT2D eigenvalue weighted by Gasteiger charge is 2.29. The van der Waals surface area contributed by atoms with Crippen LogP contribution < -0.4 is 0 Å². The van der Waals surface area contributed by atoms with E-state index in [2.05, 4.69) is 154 Å². The van der Waals surface area contributed by atoms with Crippen LogP contribution >= 0.6 is 15.6 Å². The first kappa shape index (κ1) is 105. The Labute approximate surface area is 665 Å². The van der Waals surface area contributed by atoms with Crippen LogP contribution in [-0.2, 0) is 55.8 Å². The van der Waals surface area contributed by atoms with E-state index in [1.807, 2.05) is 0 Å². The Kier molecular flexibility index (Phi) is 79.8. The molecule has 0 saturated heterocycles. The second-order valence-electron chi connectivity index (χ2n) is 28.9. The van der Waals surface area contributed by atoms with Gasteiger partial charge in [0.15, 0.2) is 6.10 Å². The predicted octanol–water partition coefficient (Wildman–Crippen LogP) is 26.2. The number of unbranched alkanes of at least 4 members (excludes halogenated alkanes) is 37. The van der Waals surface area contributed by atoms with E-state index in [1.165, 1.54) is 154 Å². The smallest absolute Gasteiger partial charge is 0.463 e. The van der Waals surface area contributed by atoms with Crippen molar-refractivity contribution in [2.45, 2.75) is 386 Å². The zero-order valence-electron chi connectivity index (χ0n) is 68.9. The van der Waals surface area contributed by atoms with Crippen molar-refractivity contribution in [2.24, 2.45) is 0 Å². The van der Waals surface area contributed by atoms with Gasteiger partial charge in [0.25, 0.3) is 0 Å². The molecule has 16 nitrogen and oxygen atoms in total. The minimum absolute atomic E-state index is 0.0937. The molecule has 0 aliphatic rings. The quantitative estimate of drug-likeness (QED) is 0.0146. The van der Waals surface area contributed by atoms with Crippen molar-refractivity contribution >= 4 is 33.6 Å². The number of ether oxygens (including phenoxy) is 3. The van der Waals surface area contributed by atoms with Crippen LogP contribution in [0.15, 0.2) is 134 Å². The third-order valence-electron chi connectivity index (χ3n) is 18.3. The Balaban J connectivity index is 4.49. The summed E-state index contributed by atoms with van der Waals surface area (Å²) in [5.41, 5.74) is 0. The van der Waals surface area contributed by atoms with Crippen molar-refractivity contribution < 1.29 is 75.8 Å². The minimum atomic E-state index is -4.94. The number of allylic oxidation sites excluding steroid dienone is 22. The van der Waals surface area contributed by atoms with Crippen molar-refractivity contribution in [3.63, 3.8) is 0 Å². The van der Waals surface area contributed by atoms with Crippen molar-refractivity contribution in [1.29, 1.82) is 0 Å². The molecular formula is C91H158O16P2. The van der Waals surface area contributed by atoms with E-state index in [0.717, 1.165) is 154 Å². The maximum atomic E-state index is 13.0. The molecule has 0 aliphatic carbocycles. The fourth-order valence-corrected chi connectivity index (χ4v) is 13.4. The molecule has 5 unspecified atom stereocenters. The molecule has 0 heterocycles. The van der Waals surface area contributed by atoms with Gasteiger partial charge in [-0.25, -0.2) is 9.13 Å². The van der Waals surface area contributed by atoms with Crippen molar-refractivity contribution in [2.75, 3.05) is 39.6 Å². The average Bonchev–Trinajstić information content (AvgIpc) is 0.940. The predicted molar refractivity (Wildman–Crippen MR) is 454 cm³/mol. The summed E-state index contributed by atoms with van der Waals surface area (Å²) in [7, 11) is -9.80. The number of rotatable bonds is 82. The van der Waals surface area contributed by atoms with Gasteiger partial charge in [-0.1, -0.05) is 347 Å². The van der Waals surface area contributed by atoms with Gasteiger partial charge < -0.3 is 34.2 Å². The fraction of sp³-hybridized carbons (Fsp3) is 0.725. The Morgan fingerprint density at radius 3 is 0.780 bits per heavy atom. The van der Waals surface area contributed by atoms with E-state index < -0.39 is 91.5 Å². The molecule has 0 saturated carbocycles. The summed E-state index contributed by atoms with van der Waals surface area (Å²) in [4.78, 5) is 58.8. The molecule has 109 heavy (non-hydrogen) atoms. The molecule has 0 fully saturated rings. The number of carbonyl (C=O) groups is 3. The van der Waals surface area contributed by atoms with Gasteiger partial charge in [-0.3, -0.25) is 32.5 Å². The minimum Gasteiger partial charge on any atom is -0.463 e. The summed E-state index contributed by atoms with van der Waals surface area (Å²) in [6, 6.07) is 0. The first-order valence-electron chi connectivity index (χ1n) is 43.5. The first-order chi connectivity index (χ1) is 53.2. The van der Waals surface area contributed by atoms with Gasteiger partial charge >= 0.3 is 33.6 Å². The Hall–Kier alpha value is -4.31. The number of phosphoric acid groups is 2. The molecule has 0 aromatic carbocycles. The van der Waals surface area contributed by atoms with Crippen LogP contribution in [0.25, 0.3) is 0 Å². The van der Waals surface area contributed by atoms with Gasteiger partial charge in [0.05, 0.1) is 26.4 Å². The summed E-state index contributed by atoms with van der Waals surface area (Å²) in [5, 5.41) is 20.7. The summed E-state index contributed by atoms with van der Waals surface area (Å²) < 4.78 is 61.3. The van der Waals surface area contributed by atoms with Crippen LogP contribution in [0.2, 0.25) is 0 Å². The van der Waals surface area contributed by atoms with Crippen molar-refractivity contribution in [3.8, 4) is 0 Å². The molecule has 0 rings (SSSR count). The molecule has 0 aliphatic heterocycles. The lowest BCUT2D eigenvalue weighted by atomic mass is 10.0. The molecule has 4 N–H and O–H groups in total. The summed E-state index contributed by atoms with van der Waals surface area (Å²) in [6.45, 7) is 2.48. The van der Waals surface area contributed by atoms with Crippen LogP contribution in [-0.4, -0.2) is 95.9 Å². The van der Waals surface area contributed by atoms with Crippen LogP contribution in [0.4, 0.5) is 0 Å². The lowest BCUT2D eigenvalue weighted by molar-refractivity contribution is -0.161. The van der Waals surface area contributed by atoms with Crippen LogP contribution in [0.3, 0.4) is 0 Å². The number of phosphoric ester groups is 2. The summed E-state index contributed by atoms with van der Waals surface area (Å²) in [5.74, 6) is -1.58. The standard InChI is InChI=1S/C91H158O16P2/c1-4-7-10-13-16-19-22-25-28-30-32-34-36-38-40-41-42-43-45-47-48-50-52-54-57-59-62-65-68-71-74-77-89(94)101-80-86(92)81-103-108(97,98)104-82-87(93)83-105-109(99,100)106-85-88(107-91(96)79-76-73-70-67-64-61-56-27-24-21-18-15-12-9-6-3)84-102-90(95)78-75-72-69-66-63-60-58-55-53-51-49-46-44-39-37-35-33-31-29-26-23-20-17-14-11-8-5-2/h7-8,10-11,16-17,19-20,25-29,32-35,38-40,44,56,86-88,92-93H,4-6,9,12-15,18,21-24,30-31,36-37,41-43,45-55,57-85H2,1-3H3,(H,97,98)(H,99,100)/b10-7-,11-8-,19-16-,20-17-,28-25-,29-26-,34-32-,35-33-,40-38-,44-39-,56-27-. The third kappa shape index (κ3) is 84.4.